The molecule has 0 bridgehead atoms. The van der Waals surface area contributed by atoms with Crippen molar-refractivity contribution in [2.24, 2.45) is 5.73 Å². The Morgan fingerprint density at radius 2 is 2.06 bits per heavy atom. The van der Waals surface area contributed by atoms with E-state index in [1.54, 1.807) is 7.11 Å². The lowest BCUT2D eigenvalue weighted by Crippen LogP contribution is -2.36. The van der Waals surface area contributed by atoms with Crippen LogP contribution in [0.1, 0.15) is 44.8 Å². The molecule has 16 heavy (non-hydrogen) atoms. The lowest BCUT2D eigenvalue weighted by molar-refractivity contribution is 0.192. The van der Waals surface area contributed by atoms with Crippen molar-refractivity contribution in [2.45, 2.75) is 45.1 Å². The lowest BCUT2D eigenvalue weighted by atomic mass is 9.93. The molecule has 0 aliphatic heterocycles. The molecule has 0 aliphatic rings. The predicted molar refractivity (Wildman–Crippen MR) is 60.9 cm³/mol. The molecule has 0 saturated carbocycles. The van der Waals surface area contributed by atoms with Crippen molar-refractivity contribution in [3.05, 3.63) is 11.7 Å². The van der Waals surface area contributed by atoms with Gasteiger partial charge in [-0.3, -0.25) is 0 Å². The molecule has 1 aromatic heterocycles. The molecule has 0 aliphatic carbocycles. The molecule has 0 radical (unpaired) electrons. The quantitative estimate of drug-likeness (QED) is 0.716. The molecular weight excluding hydrogens is 206 g/mol. The van der Waals surface area contributed by atoms with Gasteiger partial charge in [-0.2, -0.15) is 4.98 Å². The number of hydrogen-bond donors (Lipinski definition) is 1. The second-order valence-corrected chi connectivity index (χ2v) is 3.97. The first-order valence-corrected chi connectivity index (χ1v) is 5.77. The summed E-state index contributed by atoms with van der Waals surface area (Å²) in [5, 5.41) is 3.96. The SMILES string of the molecule is CCC(N)(CC)c1noc(CCCOC)n1. The summed E-state index contributed by atoms with van der Waals surface area (Å²) in [6.45, 7) is 4.77. The van der Waals surface area contributed by atoms with Crippen LogP contribution in [0.25, 0.3) is 0 Å². The van der Waals surface area contributed by atoms with Crippen LogP contribution in [0.15, 0.2) is 4.52 Å². The van der Waals surface area contributed by atoms with Crippen molar-refractivity contribution in [1.82, 2.24) is 10.1 Å². The Bertz CT molecular complexity index is 308. The lowest BCUT2D eigenvalue weighted by Gasteiger charge is -2.21. The number of nitrogens with zero attached hydrogens (tertiary/aromatic N) is 2. The molecule has 1 aromatic rings. The topological polar surface area (TPSA) is 74.2 Å². The summed E-state index contributed by atoms with van der Waals surface area (Å²) in [6.07, 6.45) is 3.24. The third-order valence-electron chi connectivity index (χ3n) is 2.91. The van der Waals surface area contributed by atoms with Gasteiger partial charge in [0, 0.05) is 20.1 Å². The van der Waals surface area contributed by atoms with E-state index >= 15 is 0 Å². The van der Waals surface area contributed by atoms with Crippen LogP contribution in [0, 0.1) is 0 Å². The fraction of sp³-hybridized carbons (Fsp3) is 0.818. The van der Waals surface area contributed by atoms with E-state index < -0.39 is 5.54 Å². The van der Waals surface area contributed by atoms with E-state index in [0.717, 1.165) is 25.7 Å². The van der Waals surface area contributed by atoms with E-state index in [0.29, 0.717) is 18.3 Å². The Morgan fingerprint density at radius 3 is 2.62 bits per heavy atom. The Kier molecular flexibility index (Phi) is 4.89. The Morgan fingerprint density at radius 1 is 1.38 bits per heavy atom. The molecule has 1 heterocycles. The molecule has 0 unspecified atom stereocenters. The zero-order valence-corrected chi connectivity index (χ0v) is 10.3. The molecule has 5 heteroatoms. The zero-order chi connectivity index (χ0) is 12.0. The van der Waals surface area contributed by atoms with Gasteiger partial charge in [-0.05, 0) is 19.3 Å². The van der Waals surface area contributed by atoms with Crippen molar-refractivity contribution in [2.75, 3.05) is 13.7 Å². The summed E-state index contributed by atoms with van der Waals surface area (Å²) in [5.74, 6) is 1.26. The van der Waals surface area contributed by atoms with Gasteiger partial charge in [0.05, 0.1) is 5.54 Å². The first-order valence-electron chi connectivity index (χ1n) is 5.77. The highest BCUT2D eigenvalue weighted by molar-refractivity contribution is 5.02. The molecule has 2 N–H and O–H groups in total. The second-order valence-electron chi connectivity index (χ2n) is 3.97. The summed E-state index contributed by atoms with van der Waals surface area (Å²) in [4.78, 5) is 4.34. The number of methoxy groups -OCH3 is 1. The largest absolute Gasteiger partial charge is 0.385 e. The van der Waals surface area contributed by atoms with Crippen molar-refractivity contribution in [3.8, 4) is 0 Å². The van der Waals surface area contributed by atoms with E-state index in [4.69, 9.17) is 15.0 Å². The van der Waals surface area contributed by atoms with Gasteiger partial charge < -0.3 is 15.0 Å². The fourth-order valence-corrected chi connectivity index (χ4v) is 1.49. The van der Waals surface area contributed by atoms with Crippen LogP contribution in [0.3, 0.4) is 0 Å². The van der Waals surface area contributed by atoms with Crippen LogP contribution in [0.4, 0.5) is 0 Å². The van der Waals surface area contributed by atoms with E-state index in [9.17, 15) is 0 Å². The number of nitrogens with two attached hydrogens (primary N) is 1. The third kappa shape index (κ3) is 3.02. The normalized spacial score (nSPS) is 12.0. The van der Waals surface area contributed by atoms with Crippen molar-refractivity contribution < 1.29 is 9.26 Å². The van der Waals surface area contributed by atoms with E-state index in [-0.39, 0.29) is 0 Å². The minimum Gasteiger partial charge on any atom is -0.385 e. The number of aryl methyl sites for hydroxylation is 1. The molecule has 0 spiro atoms. The van der Waals surface area contributed by atoms with Crippen molar-refractivity contribution in [1.29, 1.82) is 0 Å². The highest BCUT2D eigenvalue weighted by Gasteiger charge is 2.28. The zero-order valence-electron chi connectivity index (χ0n) is 10.3. The van der Waals surface area contributed by atoms with E-state index in [1.165, 1.54) is 0 Å². The van der Waals surface area contributed by atoms with E-state index in [2.05, 4.69) is 10.1 Å². The Labute approximate surface area is 96.4 Å². The predicted octanol–water partition coefficient (Wildman–Crippen LogP) is 1.62. The average Bonchev–Trinajstić information content (AvgIpc) is 2.78. The maximum atomic E-state index is 6.18. The maximum absolute atomic E-state index is 6.18. The van der Waals surface area contributed by atoms with Gasteiger partial charge in [0.15, 0.2) is 5.82 Å². The van der Waals surface area contributed by atoms with Crippen molar-refractivity contribution >= 4 is 0 Å². The summed E-state index contributed by atoms with van der Waals surface area (Å²) in [6, 6.07) is 0. The Hall–Kier alpha value is -0.940. The van der Waals surface area contributed by atoms with Gasteiger partial charge in [0.25, 0.3) is 0 Å². The van der Waals surface area contributed by atoms with Gasteiger partial charge in [-0.25, -0.2) is 0 Å². The average molecular weight is 227 g/mol. The van der Waals surface area contributed by atoms with Crippen LogP contribution in [0.5, 0.6) is 0 Å². The van der Waals surface area contributed by atoms with Crippen molar-refractivity contribution in [3.63, 3.8) is 0 Å². The molecule has 92 valence electrons. The number of aromatic nitrogens is 2. The molecular formula is C11H21N3O2. The molecule has 0 aromatic carbocycles. The second kappa shape index (κ2) is 5.96. The molecule has 0 atom stereocenters. The minimum atomic E-state index is -0.455. The van der Waals surface area contributed by atoms with Gasteiger partial charge in [-0.15, -0.1) is 0 Å². The van der Waals surface area contributed by atoms with Gasteiger partial charge in [0.1, 0.15) is 0 Å². The van der Waals surface area contributed by atoms with E-state index in [1.807, 2.05) is 13.8 Å². The molecule has 5 nitrogen and oxygen atoms in total. The summed E-state index contributed by atoms with van der Waals surface area (Å²) >= 11 is 0. The molecule has 1 rings (SSSR count). The van der Waals surface area contributed by atoms with Crippen LogP contribution in [-0.2, 0) is 16.7 Å². The number of rotatable bonds is 7. The number of ether oxygens (including phenoxy) is 1. The maximum Gasteiger partial charge on any atom is 0.226 e. The molecule has 0 fully saturated rings. The minimum absolute atomic E-state index is 0.455. The highest BCUT2D eigenvalue weighted by Crippen LogP contribution is 2.22. The monoisotopic (exact) mass is 227 g/mol. The number of hydrogen-bond acceptors (Lipinski definition) is 5. The van der Waals surface area contributed by atoms with Gasteiger partial charge >= 0.3 is 0 Å². The standard InChI is InChI=1S/C11H21N3O2/c1-4-11(12,5-2)10-13-9(16-14-10)7-6-8-15-3/h4-8,12H2,1-3H3. The van der Waals surface area contributed by atoms with Gasteiger partial charge in [-0.1, -0.05) is 19.0 Å². The van der Waals surface area contributed by atoms with Crippen LogP contribution in [-0.4, -0.2) is 23.9 Å². The molecule has 0 amide bonds. The summed E-state index contributed by atoms with van der Waals surface area (Å²) < 4.78 is 10.1. The first kappa shape index (κ1) is 13.1. The highest BCUT2D eigenvalue weighted by atomic mass is 16.5. The van der Waals surface area contributed by atoms with Crippen LogP contribution in [0.2, 0.25) is 0 Å². The fourth-order valence-electron chi connectivity index (χ4n) is 1.49. The van der Waals surface area contributed by atoms with Crippen LogP contribution < -0.4 is 5.73 Å². The molecule has 0 saturated heterocycles. The summed E-state index contributed by atoms with van der Waals surface area (Å²) in [5.41, 5.74) is 5.72. The summed E-state index contributed by atoms with van der Waals surface area (Å²) in [7, 11) is 1.68. The smallest absolute Gasteiger partial charge is 0.226 e. The Balaban J connectivity index is 2.63. The third-order valence-corrected chi connectivity index (χ3v) is 2.91. The van der Waals surface area contributed by atoms with Crippen LogP contribution >= 0.6 is 0 Å². The first-order chi connectivity index (χ1) is 7.66. The van der Waals surface area contributed by atoms with Gasteiger partial charge in [0.2, 0.25) is 5.89 Å².